The van der Waals surface area contributed by atoms with Crippen LogP contribution >= 0.6 is 0 Å². The Kier molecular flexibility index (Phi) is 7.45. The van der Waals surface area contributed by atoms with Crippen LogP contribution < -0.4 is 0 Å². The summed E-state index contributed by atoms with van der Waals surface area (Å²) >= 11 is 0. The molecule has 1 aromatic rings. The molecule has 26 heavy (non-hydrogen) atoms. The Bertz CT molecular complexity index is 684. The van der Waals surface area contributed by atoms with E-state index in [-0.39, 0.29) is 6.61 Å². The fourth-order valence-corrected chi connectivity index (χ4v) is 2.17. The normalized spacial score (nSPS) is 14.1. The van der Waals surface area contributed by atoms with Crippen molar-refractivity contribution < 1.29 is 48.5 Å². The summed E-state index contributed by atoms with van der Waals surface area (Å²) in [6.07, 6.45) is -7.20. The molecule has 0 saturated carbocycles. The van der Waals surface area contributed by atoms with Gasteiger partial charge < -0.3 is 4.74 Å². The Morgan fingerprint density at radius 1 is 1.04 bits per heavy atom. The number of rotatable bonds is 8. The zero-order valence-corrected chi connectivity index (χ0v) is 13.8. The molecule has 0 bridgehead atoms. The summed E-state index contributed by atoms with van der Waals surface area (Å²) in [5.74, 6) is -3.13. The summed E-state index contributed by atoms with van der Waals surface area (Å²) in [6, 6.07) is 7.95. The number of carbonyl (C=O) groups excluding carboxylic acids is 1. The summed E-state index contributed by atoms with van der Waals surface area (Å²) in [5, 5.41) is 0. The predicted octanol–water partition coefficient (Wildman–Crippen LogP) is 3.55. The summed E-state index contributed by atoms with van der Waals surface area (Å²) < 4.78 is 104. The number of ether oxygens (including phenoxy) is 1. The Balaban J connectivity index is 2.75. The smallest absolute Gasteiger partial charge is 0.461 e. The maximum absolute atomic E-state index is 12.3. The lowest BCUT2D eigenvalue weighted by Crippen LogP contribution is -2.31. The lowest BCUT2D eigenvalue weighted by atomic mass is 10.0. The molecule has 0 N–H and O–H groups in total. The van der Waals surface area contributed by atoms with E-state index in [1.807, 2.05) is 0 Å². The van der Waals surface area contributed by atoms with Crippen LogP contribution in [0.2, 0.25) is 0 Å². The van der Waals surface area contributed by atoms with Crippen LogP contribution in [0.3, 0.4) is 0 Å². The van der Waals surface area contributed by atoms with Gasteiger partial charge in [-0.2, -0.15) is 34.8 Å². The first-order valence-electron chi connectivity index (χ1n) is 7.05. The van der Waals surface area contributed by atoms with Crippen LogP contribution in [-0.2, 0) is 30.4 Å². The van der Waals surface area contributed by atoms with Gasteiger partial charge in [0, 0.05) is 6.42 Å². The van der Waals surface area contributed by atoms with E-state index in [2.05, 4.69) is 4.18 Å². The zero-order chi connectivity index (χ0) is 20.0. The largest absolute Gasteiger partial charge is 0.523 e. The zero-order valence-electron chi connectivity index (χ0n) is 13.0. The van der Waals surface area contributed by atoms with E-state index >= 15 is 0 Å². The van der Waals surface area contributed by atoms with Crippen LogP contribution in [0, 0.1) is 5.92 Å². The molecule has 1 aromatic carbocycles. The molecule has 0 radical (unpaired) electrons. The van der Waals surface area contributed by atoms with Crippen molar-refractivity contribution in [2.75, 3.05) is 6.61 Å². The highest BCUT2D eigenvalue weighted by atomic mass is 32.2. The van der Waals surface area contributed by atoms with Gasteiger partial charge in [0.1, 0.15) is 6.61 Å². The standard InChI is InChI=1S/C14H14F6O5S/c15-13(16,17)7-6-11(9-25-26(22,23)14(18,19)20)12(21)24-8-10-4-2-1-3-5-10/h1-5,11H,6-9H2/t11-/m0/s1. The molecular weight excluding hydrogens is 394 g/mol. The number of hydrogen-bond acceptors (Lipinski definition) is 5. The highest BCUT2D eigenvalue weighted by Crippen LogP contribution is 2.28. The van der Waals surface area contributed by atoms with Crippen LogP contribution in [0.25, 0.3) is 0 Å². The van der Waals surface area contributed by atoms with Gasteiger partial charge in [0.05, 0.1) is 12.5 Å². The fourth-order valence-electron chi connectivity index (χ4n) is 1.69. The van der Waals surface area contributed by atoms with Crippen molar-refractivity contribution in [3.05, 3.63) is 35.9 Å². The maximum atomic E-state index is 12.3. The minimum absolute atomic E-state index is 0.339. The number of alkyl halides is 6. The van der Waals surface area contributed by atoms with E-state index in [0.717, 1.165) is 0 Å². The maximum Gasteiger partial charge on any atom is 0.523 e. The third-order valence-electron chi connectivity index (χ3n) is 3.04. The molecule has 12 heteroatoms. The quantitative estimate of drug-likeness (QED) is 0.285. The molecule has 0 aliphatic rings. The van der Waals surface area contributed by atoms with E-state index in [4.69, 9.17) is 4.74 Å². The first kappa shape index (κ1) is 22.2. The van der Waals surface area contributed by atoms with Crippen molar-refractivity contribution in [2.45, 2.75) is 31.1 Å². The molecule has 0 heterocycles. The topological polar surface area (TPSA) is 69.7 Å². The molecule has 0 amide bonds. The summed E-state index contributed by atoms with van der Waals surface area (Å²) in [7, 11) is -6.04. The van der Waals surface area contributed by atoms with Gasteiger partial charge >= 0.3 is 27.8 Å². The van der Waals surface area contributed by atoms with E-state index in [9.17, 15) is 39.6 Å². The van der Waals surface area contributed by atoms with Crippen LogP contribution in [0.4, 0.5) is 26.3 Å². The Labute approximate surface area is 145 Å². The molecule has 0 aliphatic carbocycles. The third kappa shape index (κ3) is 7.60. The fraction of sp³-hybridized carbons (Fsp3) is 0.500. The first-order valence-corrected chi connectivity index (χ1v) is 8.45. The number of carbonyl (C=O) groups is 1. The van der Waals surface area contributed by atoms with Crippen molar-refractivity contribution in [2.24, 2.45) is 5.92 Å². The van der Waals surface area contributed by atoms with E-state index in [1.165, 1.54) is 0 Å². The van der Waals surface area contributed by atoms with Crippen molar-refractivity contribution >= 4 is 16.1 Å². The second-order valence-electron chi connectivity index (χ2n) is 5.13. The van der Waals surface area contributed by atoms with Gasteiger partial charge in [0.25, 0.3) is 0 Å². The van der Waals surface area contributed by atoms with Gasteiger partial charge in [-0.05, 0) is 12.0 Å². The molecule has 148 valence electrons. The minimum atomic E-state index is -6.04. The van der Waals surface area contributed by atoms with E-state index < -0.39 is 53.1 Å². The van der Waals surface area contributed by atoms with Crippen molar-refractivity contribution in [1.29, 1.82) is 0 Å². The molecule has 0 saturated heterocycles. The van der Waals surface area contributed by atoms with Crippen molar-refractivity contribution in [3.8, 4) is 0 Å². The third-order valence-corrected chi connectivity index (χ3v) is 4.05. The van der Waals surface area contributed by atoms with Crippen LogP contribution in [0.15, 0.2) is 30.3 Å². The van der Waals surface area contributed by atoms with E-state index in [0.29, 0.717) is 5.56 Å². The predicted molar refractivity (Wildman–Crippen MR) is 75.9 cm³/mol. The average Bonchev–Trinajstić information content (AvgIpc) is 2.51. The highest BCUT2D eigenvalue weighted by molar-refractivity contribution is 7.87. The molecular formula is C14H14F6O5S. The van der Waals surface area contributed by atoms with Gasteiger partial charge in [-0.25, -0.2) is 0 Å². The summed E-state index contributed by atoms with van der Waals surface area (Å²) in [4.78, 5) is 11.9. The van der Waals surface area contributed by atoms with Crippen LogP contribution in [-0.4, -0.2) is 32.7 Å². The summed E-state index contributed by atoms with van der Waals surface area (Å²) in [5.41, 5.74) is -5.27. The Morgan fingerprint density at radius 3 is 2.12 bits per heavy atom. The van der Waals surface area contributed by atoms with E-state index in [1.54, 1.807) is 30.3 Å². The highest BCUT2D eigenvalue weighted by Gasteiger charge is 2.48. The Hall–Kier alpha value is -1.82. The SMILES string of the molecule is O=C(OCc1ccccc1)[C@@H](CCC(F)(F)F)COS(=O)(=O)C(F)(F)F. The minimum Gasteiger partial charge on any atom is -0.461 e. The number of benzene rings is 1. The molecule has 0 aliphatic heterocycles. The van der Waals surface area contributed by atoms with Gasteiger partial charge in [0.2, 0.25) is 0 Å². The monoisotopic (exact) mass is 408 g/mol. The number of halogens is 6. The molecule has 0 unspecified atom stereocenters. The first-order chi connectivity index (χ1) is 11.8. The Morgan fingerprint density at radius 2 is 1.62 bits per heavy atom. The molecule has 0 fully saturated rings. The lowest BCUT2D eigenvalue weighted by molar-refractivity contribution is -0.156. The molecule has 0 spiro atoms. The molecule has 0 aromatic heterocycles. The van der Waals surface area contributed by atoms with Gasteiger partial charge in [0.15, 0.2) is 0 Å². The second-order valence-corrected chi connectivity index (χ2v) is 6.74. The molecule has 1 rings (SSSR count). The van der Waals surface area contributed by atoms with Crippen molar-refractivity contribution in [3.63, 3.8) is 0 Å². The lowest BCUT2D eigenvalue weighted by Gasteiger charge is -2.17. The van der Waals surface area contributed by atoms with Crippen LogP contribution in [0.1, 0.15) is 18.4 Å². The van der Waals surface area contributed by atoms with Gasteiger partial charge in [-0.3, -0.25) is 8.98 Å². The second kappa shape index (κ2) is 8.71. The summed E-state index contributed by atoms with van der Waals surface area (Å²) in [6.45, 7) is -1.75. The molecule has 5 nitrogen and oxygen atoms in total. The average molecular weight is 408 g/mol. The van der Waals surface area contributed by atoms with Gasteiger partial charge in [-0.1, -0.05) is 30.3 Å². The van der Waals surface area contributed by atoms with Gasteiger partial charge in [-0.15, -0.1) is 0 Å². The molecule has 1 atom stereocenters. The number of hydrogen-bond donors (Lipinski definition) is 0. The van der Waals surface area contributed by atoms with Crippen molar-refractivity contribution in [1.82, 2.24) is 0 Å². The number of esters is 1. The van der Waals surface area contributed by atoms with Crippen LogP contribution in [0.5, 0.6) is 0 Å².